The fourth-order valence-electron chi connectivity index (χ4n) is 3.52. The molecule has 3 aromatic carbocycles. The topological polar surface area (TPSA) is 66.5 Å². The summed E-state index contributed by atoms with van der Waals surface area (Å²) in [4.78, 5) is 40.9. The molecule has 2 atom stereocenters. The van der Waals surface area contributed by atoms with Crippen LogP contribution in [-0.2, 0) is 4.79 Å². The van der Waals surface area contributed by atoms with Gasteiger partial charge >= 0.3 is 6.03 Å². The van der Waals surface area contributed by atoms with E-state index in [1.807, 2.05) is 0 Å². The molecule has 0 saturated carbocycles. The quantitative estimate of drug-likeness (QED) is 0.338. The smallest absolute Gasteiger partial charge is 0.329 e. The zero-order valence-electron chi connectivity index (χ0n) is 15.9. The first-order valence-corrected chi connectivity index (χ1v) is 10.9. The highest BCUT2D eigenvalue weighted by Crippen LogP contribution is 2.35. The van der Waals surface area contributed by atoms with Crippen molar-refractivity contribution in [1.82, 2.24) is 5.32 Å². The Kier molecular flexibility index (Phi) is 6.14. The van der Waals surface area contributed by atoms with E-state index < -0.39 is 29.7 Å². The molecule has 1 aliphatic heterocycles. The molecule has 1 aliphatic rings. The van der Waals surface area contributed by atoms with E-state index in [1.165, 1.54) is 0 Å². The van der Waals surface area contributed by atoms with Gasteiger partial charge in [0.2, 0.25) is 5.91 Å². The Morgan fingerprint density at radius 1 is 0.903 bits per heavy atom. The summed E-state index contributed by atoms with van der Waals surface area (Å²) in [6, 6.07) is 18.5. The Morgan fingerprint density at radius 2 is 1.58 bits per heavy atom. The lowest BCUT2D eigenvalue weighted by Gasteiger charge is -2.37. The van der Waals surface area contributed by atoms with Crippen LogP contribution in [0.25, 0.3) is 0 Å². The van der Waals surface area contributed by atoms with Crippen molar-refractivity contribution in [3.63, 3.8) is 0 Å². The molecule has 8 heteroatoms. The molecule has 0 spiro atoms. The highest BCUT2D eigenvalue weighted by atomic mass is 79.9. The number of hydrogen-bond acceptors (Lipinski definition) is 3. The Balaban J connectivity index is 1.81. The summed E-state index contributed by atoms with van der Waals surface area (Å²) in [7, 11) is 0. The molecule has 1 fully saturated rings. The second-order valence-electron chi connectivity index (χ2n) is 6.96. The fourth-order valence-corrected chi connectivity index (χ4v) is 4.09. The number of ketones is 1. The lowest BCUT2D eigenvalue weighted by atomic mass is 9.84. The van der Waals surface area contributed by atoms with Crippen LogP contribution in [0.4, 0.5) is 10.5 Å². The standard InChI is InChI=1S/C23H15BrCl2N2O3/c24-15-9-6-13(7-10-15)21(29)19-20(14-8-11-17(25)18(26)12-14)27-23(31)28(22(19)30)16-4-2-1-3-5-16/h1-12,19-20H,(H,27,31)/t19-,20-/m1/s1. The van der Waals surface area contributed by atoms with Gasteiger partial charge in [0.05, 0.1) is 21.8 Å². The van der Waals surface area contributed by atoms with E-state index in [2.05, 4.69) is 21.2 Å². The zero-order chi connectivity index (χ0) is 22.1. The number of carbonyl (C=O) groups is 3. The fraction of sp³-hybridized carbons (Fsp3) is 0.0870. The maximum Gasteiger partial charge on any atom is 0.329 e. The molecule has 5 nitrogen and oxygen atoms in total. The third-order valence-corrected chi connectivity index (χ3v) is 6.30. The summed E-state index contributed by atoms with van der Waals surface area (Å²) in [5.41, 5.74) is 1.25. The molecule has 0 aliphatic carbocycles. The number of halogens is 3. The SMILES string of the molecule is O=C(c1ccc(Br)cc1)[C@@H]1C(=O)N(c2ccccc2)C(=O)N[C@@H]1c1ccc(Cl)c(Cl)c1. The van der Waals surface area contributed by atoms with Crippen molar-refractivity contribution in [2.45, 2.75) is 6.04 Å². The van der Waals surface area contributed by atoms with Crippen molar-refractivity contribution in [1.29, 1.82) is 0 Å². The van der Waals surface area contributed by atoms with Gasteiger partial charge in [0.25, 0.3) is 0 Å². The Bertz CT molecular complexity index is 1170. The Labute approximate surface area is 197 Å². The maximum atomic E-state index is 13.5. The van der Waals surface area contributed by atoms with Crippen molar-refractivity contribution < 1.29 is 14.4 Å². The second-order valence-corrected chi connectivity index (χ2v) is 8.69. The second kappa shape index (κ2) is 8.83. The highest BCUT2D eigenvalue weighted by molar-refractivity contribution is 9.10. The molecule has 31 heavy (non-hydrogen) atoms. The van der Waals surface area contributed by atoms with Crippen LogP contribution in [0.5, 0.6) is 0 Å². The number of hydrogen-bond donors (Lipinski definition) is 1. The number of imide groups is 1. The number of nitrogens with zero attached hydrogens (tertiary/aromatic N) is 1. The molecule has 0 bridgehead atoms. The summed E-state index contributed by atoms with van der Waals surface area (Å²) in [5.74, 6) is -2.20. The number of carbonyl (C=O) groups excluding carboxylic acids is 3. The molecular weight excluding hydrogens is 503 g/mol. The van der Waals surface area contributed by atoms with Crippen LogP contribution in [0.3, 0.4) is 0 Å². The molecular formula is C23H15BrCl2N2O3. The van der Waals surface area contributed by atoms with Gasteiger partial charge in [-0.05, 0) is 42.0 Å². The molecule has 4 rings (SSSR count). The van der Waals surface area contributed by atoms with E-state index in [9.17, 15) is 14.4 Å². The van der Waals surface area contributed by atoms with Gasteiger partial charge in [0.1, 0.15) is 5.92 Å². The third-order valence-electron chi connectivity index (χ3n) is 5.03. The van der Waals surface area contributed by atoms with Crippen LogP contribution in [0.1, 0.15) is 22.0 Å². The molecule has 3 aromatic rings. The van der Waals surface area contributed by atoms with Crippen molar-refractivity contribution in [3.8, 4) is 0 Å². The van der Waals surface area contributed by atoms with E-state index in [4.69, 9.17) is 23.2 Å². The number of para-hydroxylation sites is 1. The van der Waals surface area contributed by atoms with Gasteiger partial charge < -0.3 is 5.32 Å². The van der Waals surface area contributed by atoms with Gasteiger partial charge in [-0.25, -0.2) is 9.69 Å². The first-order chi connectivity index (χ1) is 14.9. The number of benzene rings is 3. The monoisotopic (exact) mass is 516 g/mol. The summed E-state index contributed by atoms with van der Waals surface area (Å²) in [6.07, 6.45) is 0. The van der Waals surface area contributed by atoms with E-state index in [1.54, 1.807) is 72.8 Å². The van der Waals surface area contributed by atoms with E-state index in [0.29, 0.717) is 21.8 Å². The predicted molar refractivity (Wildman–Crippen MR) is 124 cm³/mol. The van der Waals surface area contributed by atoms with Gasteiger partial charge in [-0.2, -0.15) is 0 Å². The van der Waals surface area contributed by atoms with E-state index in [-0.39, 0.29) is 5.02 Å². The van der Waals surface area contributed by atoms with Gasteiger partial charge in [0.15, 0.2) is 5.78 Å². The van der Waals surface area contributed by atoms with Gasteiger partial charge in [-0.1, -0.05) is 75.5 Å². The van der Waals surface area contributed by atoms with Crippen LogP contribution in [0.2, 0.25) is 10.0 Å². The number of Topliss-reactive ketones (excluding diaryl/α,β-unsaturated/α-hetero) is 1. The minimum atomic E-state index is -1.18. The molecule has 0 unspecified atom stereocenters. The molecule has 0 aromatic heterocycles. The number of urea groups is 1. The summed E-state index contributed by atoms with van der Waals surface area (Å²) >= 11 is 15.5. The number of anilines is 1. The number of amides is 3. The van der Waals surface area contributed by atoms with Crippen LogP contribution in [0.15, 0.2) is 77.3 Å². The molecule has 3 amide bonds. The van der Waals surface area contributed by atoms with Gasteiger partial charge in [-0.3, -0.25) is 9.59 Å². The van der Waals surface area contributed by atoms with Crippen LogP contribution in [-0.4, -0.2) is 17.7 Å². The van der Waals surface area contributed by atoms with Crippen LogP contribution in [0, 0.1) is 5.92 Å². The van der Waals surface area contributed by atoms with Crippen molar-refractivity contribution in [3.05, 3.63) is 98.4 Å². The minimum Gasteiger partial charge on any atom is -0.329 e. The zero-order valence-corrected chi connectivity index (χ0v) is 19.0. The first kappa shape index (κ1) is 21.6. The van der Waals surface area contributed by atoms with E-state index >= 15 is 0 Å². The predicted octanol–water partition coefficient (Wildman–Crippen LogP) is 6.05. The lowest BCUT2D eigenvalue weighted by molar-refractivity contribution is -0.121. The molecule has 0 radical (unpaired) electrons. The third kappa shape index (κ3) is 4.24. The van der Waals surface area contributed by atoms with Crippen LogP contribution >= 0.6 is 39.1 Å². The van der Waals surface area contributed by atoms with Crippen molar-refractivity contribution in [2.75, 3.05) is 4.90 Å². The van der Waals surface area contributed by atoms with Crippen molar-refractivity contribution >= 4 is 62.5 Å². The average Bonchev–Trinajstić information content (AvgIpc) is 2.76. The average molecular weight is 518 g/mol. The summed E-state index contributed by atoms with van der Waals surface area (Å²) in [6.45, 7) is 0. The first-order valence-electron chi connectivity index (χ1n) is 9.31. The van der Waals surface area contributed by atoms with E-state index in [0.717, 1.165) is 9.37 Å². The molecule has 1 saturated heterocycles. The minimum absolute atomic E-state index is 0.265. The van der Waals surface area contributed by atoms with Gasteiger partial charge in [-0.15, -0.1) is 0 Å². The highest BCUT2D eigenvalue weighted by Gasteiger charge is 2.46. The lowest BCUT2D eigenvalue weighted by Crippen LogP contribution is -2.58. The maximum absolute atomic E-state index is 13.5. The molecule has 1 heterocycles. The molecule has 1 N–H and O–H groups in total. The van der Waals surface area contributed by atoms with Gasteiger partial charge in [0, 0.05) is 10.0 Å². The number of nitrogens with one attached hydrogen (secondary N) is 1. The Morgan fingerprint density at radius 3 is 2.23 bits per heavy atom. The number of rotatable bonds is 4. The van der Waals surface area contributed by atoms with Crippen molar-refractivity contribution in [2.24, 2.45) is 5.92 Å². The Hall–Kier alpha value is -2.67. The largest absolute Gasteiger partial charge is 0.329 e. The molecule has 156 valence electrons. The summed E-state index contributed by atoms with van der Waals surface area (Å²) < 4.78 is 0.805. The van der Waals surface area contributed by atoms with Crippen LogP contribution < -0.4 is 10.2 Å². The summed E-state index contributed by atoms with van der Waals surface area (Å²) in [5, 5.41) is 3.40. The normalized spacial score (nSPS) is 18.6.